The summed E-state index contributed by atoms with van der Waals surface area (Å²) in [6.45, 7) is 4.68. The van der Waals surface area contributed by atoms with Crippen molar-refractivity contribution in [2.45, 2.75) is 32.3 Å². The molecule has 1 unspecified atom stereocenters. The Hall–Kier alpha value is -1.26. The van der Waals surface area contributed by atoms with E-state index in [-0.39, 0.29) is 6.10 Å². The summed E-state index contributed by atoms with van der Waals surface area (Å²) < 4.78 is 17.0. The van der Waals surface area contributed by atoms with Crippen LogP contribution in [0.25, 0.3) is 0 Å². The van der Waals surface area contributed by atoms with E-state index in [0.717, 1.165) is 37.4 Å². The van der Waals surface area contributed by atoms with Crippen LogP contribution in [0.2, 0.25) is 0 Å². The van der Waals surface area contributed by atoms with Gasteiger partial charge in [-0.15, -0.1) is 0 Å². The van der Waals surface area contributed by atoms with E-state index in [2.05, 4.69) is 0 Å². The highest BCUT2D eigenvalue weighted by Gasteiger charge is 2.17. The first-order chi connectivity index (χ1) is 9.33. The van der Waals surface area contributed by atoms with Crippen molar-refractivity contribution in [1.29, 1.82) is 0 Å². The zero-order valence-corrected chi connectivity index (χ0v) is 11.6. The summed E-state index contributed by atoms with van der Waals surface area (Å²) in [7, 11) is 0. The average molecular weight is 265 g/mol. The van der Waals surface area contributed by atoms with Crippen molar-refractivity contribution < 1.29 is 14.2 Å². The standard InChI is InChI=1S/C15H23NO3/c1-2-17-15-10-12(7-8-16)5-6-14(15)19-11-13-4-3-9-18-13/h5-6,10,13H,2-4,7-9,11,16H2,1H3. The minimum Gasteiger partial charge on any atom is -0.490 e. The minimum atomic E-state index is 0.221. The van der Waals surface area contributed by atoms with Gasteiger partial charge in [0.1, 0.15) is 6.61 Å². The lowest BCUT2D eigenvalue weighted by Crippen LogP contribution is -2.16. The van der Waals surface area contributed by atoms with Gasteiger partial charge in [-0.05, 0) is 50.4 Å². The molecule has 2 rings (SSSR count). The second kappa shape index (κ2) is 7.36. The van der Waals surface area contributed by atoms with Crippen molar-refractivity contribution >= 4 is 0 Å². The van der Waals surface area contributed by atoms with Crippen molar-refractivity contribution in [2.24, 2.45) is 5.73 Å². The molecule has 19 heavy (non-hydrogen) atoms. The molecule has 1 aliphatic rings. The van der Waals surface area contributed by atoms with Crippen molar-refractivity contribution in [1.82, 2.24) is 0 Å². The Balaban J connectivity index is 2.00. The summed E-state index contributed by atoms with van der Waals surface area (Å²) in [6.07, 6.45) is 3.28. The molecule has 0 amide bonds. The number of nitrogens with two attached hydrogens (primary N) is 1. The summed E-state index contributed by atoms with van der Waals surface area (Å²) in [5.41, 5.74) is 6.75. The van der Waals surface area contributed by atoms with E-state index in [9.17, 15) is 0 Å². The maximum Gasteiger partial charge on any atom is 0.161 e. The summed E-state index contributed by atoms with van der Waals surface area (Å²) in [6, 6.07) is 6.02. The predicted molar refractivity (Wildman–Crippen MR) is 74.8 cm³/mol. The van der Waals surface area contributed by atoms with E-state index < -0.39 is 0 Å². The third-order valence-corrected chi connectivity index (χ3v) is 3.19. The predicted octanol–water partition coefficient (Wildman–Crippen LogP) is 2.14. The van der Waals surface area contributed by atoms with E-state index in [1.54, 1.807) is 0 Å². The second-order valence-electron chi connectivity index (χ2n) is 4.70. The van der Waals surface area contributed by atoms with Crippen LogP contribution < -0.4 is 15.2 Å². The molecular weight excluding hydrogens is 242 g/mol. The second-order valence-corrected chi connectivity index (χ2v) is 4.70. The van der Waals surface area contributed by atoms with Crippen LogP contribution in [-0.4, -0.2) is 32.5 Å². The Morgan fingerprint density at radius 3 is 2.89 bits per heavy atom. The highest BCUT2D eigenvalue weighted by atomic mass is 16.5. The fourth-order valence-electron chi connectivity index (χ4n) is 2.22. The molecule has 0 spiro atoms. The van der Waals surface area contributed by atoms with Gasteiger partial charge in [0.05, 0.1) is 12.7 Å². The summed E-state index contributed by atoms with van der Waals surface area (Å²) in [5.74, 6) is 1.59. The molecule has 0 saturated carbocycles. The van der Waals surface area contributed by atoms with Crippen LogP contribution in [0.3, 0.4) is 0 Å². The van der Waals surface area contributed by atoms with E-state index in [0.29, 0.717) is 19.8 Å². The molecule has 1 saturated heterocycles. The Morgan fingerprint density at radius 2 is 2.21 bits per heavy atom. The lowest BCUT2D eigenvalue weighted by molar-refractivity contribution is 0.0667. The van der Waals surface area contributed by atoms with Gasteiger partial charge in [-0.1, -0.05) is 6.07 Å². The van der Waals surface area contributed by atoms with E-state index in [4.69, 9.17) is 19.9 Å². The molecule has 4 heteroatoms. The quantitative estimate of drug-likeness (QED) is 0.820. The lowest BCUT2D eigenvalue weighted by Gasteiger charge is -2.15. The highest BCUT2D eigenvalue weighted by Crippen LogP contribution is 2.29. The van der Waals surface area contributed by atoms with Crippen molar-refractivity contribution in [3.05, 3.63) is 23.8 Å². The molecule has 1 heterocycles. The van der Waals surface area contributed by atoms with E-state index >= 15 is 0 Å². The smallest absolute Gasteiger partial charge is 0.161 e. The molecule has 0 aliphatic carbocycles. The molecule has 0 aromatic heterocycles. The molecule has 0 bridgehead atoms. The van der Waals surface area contributed by atoms with Crippen LogP contribution in [-0.2, 0) is 11.2 Å². The van der Waals surface area contributed by atoms with Gasteiger partial charge in [-0.3, -0.25) is 0 Å². The molecule has 1 aliphatic heterocycles. The van der Waals surface area contributed by atoms with Crippen LogP contribution in [0.4, 0.5) is 0 Å². The summed E-state index contributed by atoms with van der Waals surface area (Å²) in [4.78, 5) is 0. The Labute approximate surface area is 114 Å². The largest absolute Gasteiger partial charge is 0.490 e. The normalized spacial score (nSPS) is 18.5. The number of rotatable bonds is 7. The third-order valence-electron chi connectivity index (χ3n) is 3.19. The van der Waals surface area contributed by atoms with Crippen LogP contribution in [0.1, 0.15) is 25.3 Å². The van der Waals surface area contributed by atoms with Gasteiger partial charge in [0.2, 0.25) is 0 Å². The van der Waals surface area contributed by atoms with Gasteiger partial charge in [-0.2, -0.15) is 0 Å². The fourth-order valence-corrected chi connectivity index (χ4v) is 2.22. The Bertz CT molecular complexity index is 389. The minimum absolute atomic E-state index is 0.221. The molecule has 1 aromatic rings. The van der Waals surface area contributed by atoms with Gasteiger partial charge in [0, 0.05) is 6.61 Å². The molecule has 0 radical (unpaired) electrons. The van der Waals surface area contributed by atoms with Crippen LogP contribution in [0, 0.1) is 0 Å². The Morgan fingerprint density at radius 1 is 1.32 bits per heavy atom. The van der Waals surface area contributed by atoms with Gasteiger partial charge < -0.3 is 19.9 Å². The maximum absolute atomic E-state index is 5.83. The van der Waals surface area contributed by atoms with Gasteiger partial charge >= 0.3 is 0 Å². The van der Waals surface area contributed by atoms with E-state index in [1.807, 2.05) is 25.1 Å². The maximum atomic E-state index is 5.83. The number of ether oxygens (including phenoxy) is 3. The molecule has 1 atom stereocenters. The number of benzene rings is 1. The Kier molecular flexibility index (Phi) is 5.48. The number of hydrogen-bond acceptors (Lipinski definition) is 4. The van der Waals surface area contributed by atoms with Gasteiger partial charge in [-0.25, -0.2) is 0 Å². The first-order valence-corrected chi connectivity index (χ1v) is 7.03. The molecule has 1 aromatic carbocycles. The zero-order chi connectivity index (χ0) is 13.5. The highest BCUT2D eigenvalue weighted by molar-refractivity contribution is 5.43. The first-order valence-electron chi connectivity index (χ1n) is 7.03. The van der Waals surface area contributed by atoms with Crippen LogP contribution in [0.5, 0.6) is 11.5 Å². The molecule has 106 valence electrons. The topological polar surface area (TPSA) is 53.7 Å². The van der Waals surface area contributed by atoms with Crippen molar-refractivity contribution in [3.8, 4) is 11.5 Å². The van der Waals surface area contributed by atoms with Crippen LogP contribution in [0.15, 0.2) is 18.2 Å². The SMILES string of the molecule is CCOc1cc(CCN)ccc1OCC1CCCO1. The summed E-state index contributed by atoms with van der Waals surface area (Å²) >= 11 is 0. The van der Waals surface area contributed by atoms with Crippen LogP contribution >= 0.6 is 0 Å². The third kappa shape index (κ3) is 4.11. The monoisotopic (exact) mass is 265 g/mol. The van der Waals surface area contributed by atoms with Crippen molar-refractivity contribution in [2.75, 3.05) is 26.4 Å². The zero-order valence-electron chi connectivity index (χ0n) is 11.6. The average Bonchev–Trinajstić information content (AvgIpc) is 2.92. The number of hydrogen-bond donors (Lipinski definition) is 1. The van der Waals surface area contributed by atoms with E-state index in [1.165, 1.54) is 5.56 Å². The van der Waals surface area contributed by atoms with Gasteiger partial charge in [0.25, 0.3) is 0 Å². The lowest BCUT2D eigenvalue weighted by atomic mass is 10.1. The molecule has 1 fully saturated rings. The molecule has 2 N–H and O–H groups in total. The van der Waals surface area contributed by atoms with Gasteiger partial charge in [0.15, 0.2) is 11.5 Å². The first kappa shape index (κ1) is 14.2. The van der Waals surface area contributed by atoms with Crippen molar-refractivity contribution in [3.63, 3.8) is 0 Å². The molecule has 4 nitrogen and oxygen atoms in total. The fraction of sp³-hybridized carbons (Fsp3) is 0.600. The summed E-state index contributed by atoms with van der Waals surface area (Å²) in [5, 5.41) is 0. The molecular formula is C15H23NO3.